The number of hydrogen-bond donors (Lipinski definition) is 2. The predicted octanol–water partition coefficient (Wildman–Crippen LogP) is 1.10. The summed E-state index contributed by atoms with van der Waals surface area (Å²) in [6.07, 6.45) is 3.53. The molecule has 0 bridgehead atoms. The number of aromatic nitrogens is 2. The molecule has 1 aliphatic rings. The van der Waals surface area contributed by atoms with Crippen LogP contribution in [-0.4, -0.2) is 33.8 Å². The lowest BCUT2D eigenvalue weighted by Gasteiger charge is -2.13. The molecule has 2 heterocycles. The number of hydrogen-bond acceptors (Lipinski definition) is 6. The van der Waals surface area contributed by atoms with Crippen molar-refractivity contribution in [3.63, 3.8) is 0 Å². The fraction of sp³-hybridized carbons (Fsp3) is 0.312. The molecule has 0 saturated heterocycles. The third-order valence-electron chi connectivity index (χ3n) is 3.52. The number of nitrogens with one attached hydrogen (secondary N) is 1. The summed E-state index contributed by atoms with van der Waals surface area (Å²) in [5.74, 6) is 0.333. The van der Waals surface area contributed by atoms with E-state index in [-0.39, 0.29) is 5.82 Å². The highest BCUT2D eigenvalue weighted by molar-refractivity contribution is 5.66. The molecule has 0 amide bonds. The van der Waals surface area contributed by atoms with Gasteiger partial charge in [-0.3, -0.25) is 14.2 Å². The van der Waals surface area contributed by atoms with Gasteiger partial charge >= 0.3 is 5.97 Å². The molecule has 8 heteroatoms. The fourth-order valence-corrected chi connectivity index (χ4v) is 2.41. The van der Waals surface area contributed by atoms with Gasteiger partial charge in [0, 0.05) is 30.9 Å². The maximum Gasteiger partial charge on any atom is 0.323 e. The Hall–Kier alpha value is -3.03. The van der Waals surface area contributed by atoms with Gasteiger partial charge in [0.25, 0.3) is 5.56 Å². The lowest BCUT2D eigenvalue weighted by atomic mass is 10.2. The van der Waals surface area contributed by atoms with E-state index in [1.54, 1.807) is 0 Å². The van der Waals surface area contributed by atoms with Crippen LogP contribution >= 0.6 is 0 Å². The molecule has 0 aliphatic carbocycles. The van der Waals surface area contributed by atoms with Crippen LogP contribution in [0.1, 0.15) is 12.0 Å². The second kappa shape index (κ2) is 7.03. The Balaban J connectivity index is 1.80. The zero-order valence-electron chi connectivity index (χ0n) is 12.9. The minimum Gasteiger partial charge on any atom is -0.490 e. The van der Waals surface area contributed by atoms with Crippen LogP contribution in [0.15, 0.2) is 35.4 Å². The molecule has 0 radical (unpaired) electrons. The van der Waals surface area contributed by atoms with Crippen LogP contribution in [0.5, 0.6) is 11.5 Å². The molecule has 3 rings (SSSR count). The molecule has 1 aromatic heterocycles. The van der Waals surface area contributed by atoms with E-state index in [1.807, 2.05) is 18.2 Å². The third kappa shape index (κ3) is 3.48. The van der Waals surface area contributed by atoms with Gasteiger partial charge in [-0.25, -0.2) is 4.98 Å². The lowest BCUT2D eigenvalue weighted by molar-refractivity contribution is -0.137. The van der Waals surface area contributed by atoms with E-state index in [2.05, 4.69) is 10.3 Å². The van der Waals surface area contributed by atoms with Gasteiger partial charge in [-0.1, -0.05) is 12.1 Å². The number of carboxylic acid groups (broad SMARTS) is 1. The van der Waals surface area contributed by atoms with Crippen LogP contribution in [0.25, 0.3) is 0 Å². The van der Waals surface area contributed by atoms with Crippen molar-refractivity contribution in [3.8, 4) is 11.5 Å². The number of ether oxygens (including phenoxy) is 2. The molecule has 1 aromatic carbocycles. The van der Waals surface area contributed by atoms with Crippen molar-refractivity contribution in [2.45, 2.75) is 19.5 Å². The highest BCUT2D eigenvalue weighted by atomic mass is 16.5. The number of aliphatic carboxylic acids is 1. The zero-order valence-corrected chi connectivity index (χ0v) is 12.9. The highest BCUT2D eigenvalue weighted by Crippen LogP contribution is 2.33. The van der Waals surface area contributed by atoms with Crippen LogP contribution in [0, 0.1) is 0 Å². The summed E-state index contributed by atoms with van der Waals surface area (Å²) in [6, 6.07) is 5.57. The summed E-state index contributed by atoms with van der Waals surface area (Å²) in [4.78, 5) is 26.9. The maximum atomic E-state index is 12.2. The first-order valence-corrected chi connectivity index (χ1v) is 7.54. The maximum absolute atomic E-state index is 12.2. The molecule has 0 fully saturated rings. The van der Waals surface area contributed by atoms with Crippen molar-refractivity contribution in [2.24, 2.45) is 0 Å². The average molecular weight is 331 g/mol. The van der Waals surface area contributed by atoms with Gasteiger partial charge in [0.15, 0.2) is 17.3 Å². The van der Waals surface area contributed by atoms with Gasteiger partial charge in [-0.2, -0.15) is 0 Å². The molecule has 2 N–H and O–H groups in total. The number of carboxylic acids is 1. The Morgan fingerprint density at radius 2 is 2.17 bits per heavy atom. The standard InChI is InChI=1S/C16H17N3O5/c20-13(21)10-19-6-5-17-15(16(19)22)18-9-11-3-1-4-12-14(11)24-8-2-7-23-12/h1,3-6H,2,7-10H2,(H,17,18)(H,20,21). The van der Waals surface area contributed by atoms with Crippen molar-refractivity contribution >= 4 is 11.8 Å². The van der Waals surface area contributed by atoms with Gasteiger partial charge in [0.2, 0.25) is 0 Å². The van der Waals surface area contributed by atoms with Crippen LogP contribution in [0.4, 0.5) is 5.82 Å². The van der Waals surface area contributed by atoms with E-state index < -0.39 is 18.1 Å². The molecule has 0 spiro atoms. The van der Waals surface area contributed by atoms with Gasteiger partial charge in [-0.05, 0) is 6.07 Å². The molecule has 0 saturated carbocycles. The molecule has 0 atom stereocenters. The van der Waals surface area contributed by atoms with Gasteiger partial charge in [-0.15, -0.1) is 0 Å². The summed E-state index contributed by atoms with van der Waals surface area (Å²) >= 11 is 0. The third-order valence-corrected chi connectivity index (χ3v) is 3.52. The first kappa shape index (κ1) is 15.9. The van der Waals surface area contributed by atoms with Crippen molar-refractivity contribution < 1.29 is 19.4 Å². The molecule has 24 heavy (non-hydrogen) atoms. The van der Waals surface area contributed by atoms with Crippen LogP contribution in [0.2, 0.25) is 0 Å². The summed E-state index contributed by atoms with van der Waals surface area (Å²) in [5, 5.41) is 11.8. The van der Waals surface area contributed by atoms with Crippen molar-refractivity contribution in [2.75, 3.05) is 18.5 Å². The fourth-order valence-electron chi connectivity index (χ4n) is 2.41. The van der Waals surface area contributed by atoms with Crippen molar-refractivity contribution in [1.29, 1.82) is 0 Å². The van der Waals surface area contributed by atoms with Crippen molar-refractivity contribution in [3.05, 3.63) is 46.5 Å². The number of rotatable bonds is 5. The Bertz CT molecular complexity index is 803. The largest absolute Gasteiger partial charge is 0.490 e. The number of carbonyl (C=O) groups is 1. The van der Waals surface area contributed by atoms with Gasteiger partial charge in [0.1, 0.15) is 6.54 Å². The van der Waals surface area contributed by atoms with Crippen molar-refractivity contribution in [1.82, 2.24) is 9.55 Å². The van der Waals surface area contributed by atoms with E-state index in [4.69, 9.17) is 14.6 Å². The first-order valence-electron chi connectivity index (χ1n) is 7.54. The van der Waals surface area contributed by atoms with E-state index in [1.165, 1.54) is 12.4 Å². The Kier molecular flexibility index (Phi) is 4.64. The average Bonchev–Trinajstić information content (AvgIpc) is 2.81. The molecular weight excluding hydrogens is 314 g/mol. The van der Waals surface area contributed by atoms with E-state index in [0.29, 0.717) is 31.3 Å². The monoisotopic (exact) mass is 331 g/mol. The summed E-state index contributed by atoms with van der Waals surface area (Å²) in [7, 11) is 0. The Morgan fingerprint density at radius 3 is 3.00 bits per heavy atom. The molecule has 126 valence electrons. The van der Waals surface area contributed by atoms with Gasteiger partial charge in [0.05, 0.1) is 13.2 Å². The normalized spacial score (nSPS) is 13.2. The predicted molar refractivity (Wildman–Crippen MR) is 85.5 cm³/mol. The second-order valence-electron chi connectivity index (χ2n) is 5.25. The minimum absolute atomic E-state index is 0.0888. The van der Waals surface area contributed by atoms with Crippen LogP contribution in [0.3, 0.4) is 0 Å². The SMILES string of the molecule is O=C(O)Cn1ccnc(NCc2cccc3c2OCCCO3)c1=O. The zero-order chi connectivity index (χ0) is 16.9. The highest BCUT2D eigenvalue weighted by Gasteiger charge is 2.15. The lowest BCUT2D eigenvalue weighted by Crippen LogP contribution is -2.27. The number of para-hydroxylation sites is 1. The molecule has 2 aromatic rings. The quantitative estimate of drug-likeness (QED) is 0.845. The number of fused-ring (bicyclic) bond motifs is 1. The van der Waals surface area contributed by atoms with Crippen LogP contribution in [-0.2, 0) is 17.9 Å². The van der Waals surface area contributed by atoms with E-state index >= 15 is 0 Å². The summed E-state index contributed by atoms with van der Waals surface area (Å²) in [5.41, 5.74) is 0.350. The number of nitrogens with zero attached hydrogens (tertiary/aromatic N) is 2. The topological polar surface area (TPSA) is 103 Å². The Labute approximate surface area is 137 Å². The number of benzene rings is 1. The first-order chi connectivity index (χ1) is 11.6. The van der Waals surface area contributed by atoms with Crippen LogP contribution < -0.4 is 20.3 Å². The molecule has 8 nitrogen and oxygen atoms in total. The molecular formula is C16H17N3O5. The summed E-state index contributed by atoms with van der Waals surface area (Å²) < 4.78 is 12.4. The molecule has 1 aliphatic heterocycles. The van der Waals surface area contributed by atoms with Gasteiger partial charge < -0.3 is 19.9 Å². The van der Waals surface area contributed by atoms with E-state index in [0.717, 1.165) is 16.6 Å². The number of anilines is 1. The molecule has 0 unspecified atom stereocenters. The van der Waals surface area contributed by atoms with E-state index in [9.17, 15) is 9.59 Å². The second-order valence-corrected chi connectivity index (χ2v) is 5.25. The Morgan fingerprint density at radius 1 is 1.33 bits per heavy atom. The smallest absolute Gasteiger partial charge is 0.323 e. The minimum atomic E-state index is -1.09. The summed E-state index contributed by atoms with van der Waals surface area (Å²) in [6.45, 7) is 1.07.